The lowest BCUT2D eigenvalue weighted by Gasteiger charge is -2.33. The van der Waals surface area contributed by atoms with Crippen molar-refractivity contribution < 1.29 is 13.2 Å². The Morgan fingerprint density at radius 1 is 1.13 bits per heavy atom. The highest BCUT2D eigenvalue weighted by Crippen LogP contribution is 2.21. The minimum Gasteiger partial charge on any atom is -0.335 e. The van der Waals surface area contributed by atoms with E-state index in [0.29, 0.717) is 31.1 Å². The maximum Gasteiger partial charge on any atom is 0.274 e. The van der Waals surface area contributed by atoms with E-state index in [0.717, 1.165) is 4.47 Å². The number of nitrogens with zero attached hydrogens (tertiary/aromatic N) is 8. The third kappa shape index (κ3) is 3.91. The van der Waals surface area contributed by atoms with E-state index in [4.69, 9.17) is 0 Å². The van der Waals surface area contributed by atoms with E-state index in [1.165, 1.54) is 15.2 Å². The van der Waals surface area contributed by atoms with Gasteiger partial charge < -0.3 is 4.90 Å². The van der Waals surface area contributed by atoms with Crippen LogP contribution in [-0.4, -0.2) is 79.1 Å². The van der Waals surface area contributed by atoms with Gasteiger partial charge in [-0.25, -0.2) is 13.1 Å². The number of halogens is 1. The van der Waals surface area contributed by atoms with E-state index >= 15 is 0 Å². The predicted molar refractivity (Wildman–Crippen MR) is 110 cm³/mol. The number of carbonyl (C=O) groups excluding carboxylic acids is 1. The standard InChI is InChI=1S/C17H21BrN8O3S/c1-13-16(10-19-22(13)2)30(28,29)26-7-5-23(6-8-26)17(27)15-3-4-24(21-15)12-25-11-14(18)9-20-25/h3-4,9-11H,5-8,12H2,1-2H3. The number of carbonyl (C=O) groups is 1. The summed E-state index contributed by atoms with van der Waals surface area (Å²) >= 11 is 3.34. The molecular weight excluding hydrogens is 476 g/mol. The third-order valence-electron chi connectivity index (χ3n) is 5.09. The van der Waals surface area contributed by atoms with Crippen molar-refractivity contribution in [3.63, 3.8) is 0 Å². The topological polar surface area (TPSA) is 111 Å². The Morgan fingerprint density at radius 2 is 1.87 bits per heavy atom. The van der Waals surface area contributed by atoms with Crippen LogP contribution >= 0.6 is 15.9 Å². The molecule has 0 bridgehead atoms. The minimum atomic E-state index is -3.64. The van der Waals surface area contributed by atoms with Crippen molar-refractivity contribution in [3.8, 4) is 0 Å². The Kier molecular flexibility index (Phi) is 5.51. The molecule has 1 aliphatic rings. The summed E-state index contributed by atoms with van der Waals surface area (Å²) in [5.74, 6) is -0.218. The molecule has 3 aromatic heterocycles. The van der Waals surface area contributed by atoms with Crippen LogP contribution in [0.1, 0.15) is 16.2 Å². The first-order valence-corrected chi connectivity index (χ1v) is 11.5. The Morgan fingerprint density at radius 3 is 2.47 bits per heavy atom. The number of sulfonamides is 1. The maximum atomic E-state index is 12.9. The fourth-order valence-electron chi connectivity index (χ4n) is 3.28. The average Bonchev–Trinajstić information content (AvgIpc) is 3.44. The van der Waals surface area contributed by atoms with Gasteiger partial charge in [0.25, 0.3) is 5.91 Å². The summed E-state index contributed by atoms with van der Waals surface area (Å²) in [6.45, 7) is 3.16. The van der Waals surface area contributed by atoms with E-state index in [9.17, 15) is 13.2 Å². The zero-order valence-corrected chi connectivity index (χ0v) is 18.9. The maximum absolute atomic E-state index is 12.9. The van der Waals surface area contributed by atoms with Gasteiger partial charge in [0.2, 0.25) is 10.0 Å². The minimum absolute atomic E-state index is 0.203. The molecular formula is C17H21BrN8O3S. The monoisotopic (exact) mass is 496 g/mol. The van der Waals surface area contributed by atoms with Crippen LogP contribution in [0.15, 0.2) is 40.2 Å². The van der Waals surface area contributed by atoms with Gasteiger partial charge in [-0.1, -0.05) is 0 Å². The van der Waals surface area contributed by atoms with Crippen molar-refractivity contribution in [2.45, 2.75) is 18.5 Å². The number of aryl methyl sites for hydroxylation is 1. The second kappa shape index (κ2) is 7.96. The second-order valence-corrected chi connectivity index (χ2v) is 9.82. The summed E-state index contributed by atoms with van der Waals surface area (Å²) in [4.78, 5) is 14.6. The lowest BCUT2D eigenvalue weighted by Crippen LogP contribution is -2.50. The van der Waals surface area contributed by atoms with Gasteiger partial charge in [-0.2, -0.15) is 19.6 Å². The van der Waals surface area contributed by atoms with Crippen molar-refractivity contribution in [3.05, 3.63) is 46.7 Å². The molecule has 0 N–H and O–H groups in total. The zero-order chi connectivity index (χ0) is 21.5. The van der Waals surface area contributed by atoms with Crippen LogP contribution in [0.2, 0.25) is 0 Å². The molecule has 160 valence electrons. The summed E-state index contributed by atoms with van der Waals surface area (Å²) in [6.07, 6.45) is 6.57. The second-order valence-electron chi connectivity index (χ2n) is 6.99. The van der Waals surface area contributed by atoms with Crippen molar-refractivity contribution >= 4 is 31.9 Å². The highest BCUT2D eigenvalue weighted by Gasteiger charge is 2.33. The highest BCUT2D eigenvalue weighted by molar-refractivity contribution is 9.10. The van der Waals surface area contributed by atoms with Crippen LogP contribution in [0.3, 0.4) is 0 Å². The molecule has 0 saturated carbocycles. The fraction of sp³-hybridized carbons (Fsp3) is 0.412. The molecule has 13 heteroatoms. The Bertz CT molecular complexity index is 1170. The van der Waals surface area contributed by atoms with Gasteiger partial charge in [0.15, 0.2) is 0 Å². The average molecular weight is 497 g/mol. The lowest BCUT2D eigenvalue weighted by atomic mass is 10.3. The van der Waals surface area contributed by atoms with Gasteiger partial charge in [-0.05, 0) is 28.9 Å². The van der Waals surface area contributed by atoms with Crippen LogP contribution in [0.4, 0.5) is 0 Å². The first-order chi connectivity index (χ1) is 14.3. The van der Waals surface area contributed by atoms with Gasteiger partial charge >= 0.3 is 0 Å². The Hall–Kier alpha value is -2.51. The van der Waals surface area contributed by atoms with Gasteiger partial charge in [-0.3, -0.25) is 14.2 Å². The predicted octanol–water partition coefficient (Wildman–Crippen LogP) is 0.537. The number of aromatic nitrogens is 6. The molecule has 4 rings (SSSR count). The largest absolute Gasteiger partial charge is 0.335 e. The van der Waals surface area contributed by atoms with Crippen LogP contribution in [0.5, 0.6) is 0 Å². The van der Waals surface area contributed by atoms with Crippen LogP contribution in [0, 0.1) is 6.92 Å². The number of rotatable bonds is 5. The van der Waals surface area contributed by atoms with Crippen molar-refractivity contribution in [1.29, 1.82) is 0 Å². The van der Waals surface area contributed by atoms with Gasteiger partial charge in [0.05, 0.1) is 22.6 Å². The molecule has 0 radical (unpaired) electrons. The molecule has 11 nitrogen and oxygen atoms in total. The number of hydrogen-bond donors (Lipinski definition) is 0. The lowest BCUT2D eigenvalue weighted by molar-refractivity contribution is 0.0691. The molecule has 30 heavy (non-hydrogen) atoms. The summed E-state index contributed by atoms with van der Waals surface area (Å²) < 4.78 is 32.9. The summed E-state index contributed by atoms with van der Waals surface area (Å²) in [7, 11) is -1.93. The van der Waals surface area contributed by atoms with Gasteiger partial charge in [0, 0.05) is 45.6 Å². The van der Waals surface area contributed by atoms with E-state index in [-0.39, 0.29) is 23.9 Å². The molecule has 0 spiro atoms. The van der Waals surface area contributed by atoms with E-state index in [1.807, 2.05) is 6.20 Å². The third-order valence-corrected chi connectivity index (χ3v) is 7.50. The Labute approximate surface area is 182 Å². The van der Waals surface area contributed by atoms with Crippen LogP contribution in [-0.2, 0) is 23.7 Å². The van der Waals surface area contributed by atoms with Crippen LogP contribution < -0.4 is 0 Å². The normalized spacial score (nSPS) is 15.6. The first-order valence-electron chi connectivity index (χ1n) is 9.25. The van der Waals surface area contributed by atoms with Gasteiger partial charge in [-0.15, -0.1) is 0 Å². The van der Waals surface area contributed by atoms with E-state index in [1.54, 1.807) is 46.7 Å². The quantitative estimate of drug-likeness (QED) is 0.509. The molecule has 0 aromatic carbocycles. The smallest absolute Gasteiger partial charge is 0.274 e. The molecule has 3 aromatic rings. The molecule has 0 aliphatic carbocycles. The fourth-order valence-corrected chi connectivity index (χ4v) is 5.22. The summed E-state index contributed by atoms with van der Waals surface area (Å²) in [5, 5.41) is 12.5. The molecule has 1 saturated heterocycles. The first kappa shape index (κ1) is 20.8. The van der Waals surface area contributed by atoms with Crippen molar-refractivity contribution in [2.24, 2.45) is 7.05 Å². The van der Waals surface area contributed by atoms with Crippen molar-refractivity contribution in [2.75, 3.05) is 26.2 Å². The molecule has 0 atom stereocenters. The summed E-state index contributed by atoms with van der Waals surface area (Å²) in [5.41, 5.74) is 0.906. The number of hydrogen-bond acceptors (Lipinski definition) is 6. The molecule has 4 heterocycles. The molecule has 1 amide bonds. The number of piperazine rings is 1. The Balaban J connectivity index is 1.39. The van der Waals surface area contributed by atoms with Crippen LogP contribution in [0.25, 0.3) is 0 Å². The molecule has 1 aliphatic heterocycles. The number of amides is 1. The van der Waals surface area contributed by atoms with E-state index in [2.05, 4.69) is 31.2 Å². The zero-order valence-electron chi connectivity index (χ0n) is 16.5. The highest BCUT2D eigenvalue weighted by atomic mass is 79.9. The summed E-state index contributed by atoms with van der Waals surface area (Å²) in [6, 6.07) is 1.66. The van der Waals surface area contributed by atoms with Crippen molar-refractivity contribution in [1.82, 2.24) is 38.5 Å². The van der Waals surface area contributed by atoms with E-state index < -0.39 is 10.0 Å². The molecule has 0 unspecified atom stereocenters. The SMILES string of the molecule is Cc1c(S(=O)(=O)N2CCN(C(=O)c3ccn(Cn4cc(Br)cn4)n3)CC2)cnn1C. The molecule has 1 fully saturated rings. The van der Waals surface area contributed by atoms with Gasteiger partial charge in [0.1, 0.15) is 17.3 Å².